The maximum absolute atomic E-state index is 12.7. The van der Waals surface area contributed by atoms with Crippen molar-refractivity contribution in [3.05, 3.63) is 75.8 Å². The molecule has 0 unspecified atom stereocenters. The van der Waals surface area contributed by atoms with E-state index < -0.39 is 16.6 Å². The van der Waals surface area contributed by atoms with Crippen molar-refractivity contribution in [3.8, 4) is 5.75 Å². The second kappa shape index (κ2) is 7.56. The molecular weight excluding hydrogens is 376 g/mol. The molecule has 1 N–H and O–H groups in total. The Hall–Kier alpha value is -3.39. The Balaban J connectivity index is 1.51. The number of amides is 1. The van der Waals surface area contributed by atoms with Crippen LogP contribution >= 0.6 is 0 Å². The molecule has 0 saturated carbocycles. The van der Waals surface area contributed by atoms with Crippen molar-refractivity contribution in [3.63, 3.8) is 0 Å². The molecule has 29 heavy (non-hydrogen) atoms. The van der Waals surface area contributed by atoms with Gasteiger partial charge in [0.2, 0.25) is 0 Å². The van der Waals surface area contributed by atoms with E-state index in [0.717, 1.165) is 11.1 Å². The van der Waals surface area contributed by atoms with E-state index in [0.29, 0.717) is 31.7 Å². The number of nitro benzene ring substituents is 1. The zero-order chi connectivity index (χ0) is 20.4. The number of ether oxygens (including phenoxy) is 2. The summed E-state index contributed by atoms with van der Waals surface area (Å²) in [5, 5.41) is 20.8. The van der Waals surface area contributed by atoms with Crippen LogP contribution in [0.4, 0.5) is 10.5 Å². The van der Waals surface area contributed by atoms with Crippen molar-refractivity contribution in [2.75, 3.05) is 19.8 Å². The number of hydrogen-bond acceptors (Lipinski definition) is 6. The molecule has 1 saturated heterocycles. The minimum atomic E-state index is -0.625. The van der Waals surface area contributed by atoms with Gasteiger partial charge in [-0.1, -0.05) is 36.4 Å². The summed E-state index contributed by atoms with van der Waals surface area (Å²) in [7, 11) is 0. The first kappa shape index (κ1) is 18.9. The minimum absolute atomic E-state index is 0.194. The fourth-order valence-corrected chi connectivity index (χ4v) is 3.68. The summed E-state index contributed by atoms with van der Waals surface area (Å²) in [4.78, 5) is 24.7. The average molecular weight is 396 g/mol. The van der Waals surface area contributed by atoms with Gasteiger partial charge in [-0.15, -0.1) is 0 Å². The number of nitrogens with zero attached hydrogens (tertiary/aromatic N) is 2. The molecule has 2 aromatic rings. The predicted molar refractivity (Wildman–Crippen MR) is 104 cm³/mol. The second-order valence-electron chi connectivity index (χ2n) is 7.23. The van der Waals surface area contributed by atoms with E-state index in [1.165, 1.54) is 12.1 Å². The lowest BCUT2D eigenvalue weighted by atomic mass is 9.81. The Labute approximate surface area is 167 Å². The smallest absolute Gasteiger partial charge is 0.411 e. The van der Waals surface area contributed by atoms with Gasteiger partial charge in [-0.2, -0.15) is 0 Å². The van der Waals surface area contributed by atoms with Crippen molar-refractivity contribution in [2.45, 2.75) is 18.6 Å². The van der Waals surface area contributed by atoms with Gasteiger partial charge < -0.3 is 14.6 Å². The number of aromatic hydroxyl groups is 1. The molecule has 0 bridgehead atoms. The molecule has 0 radical (unpaired) electrons. The van der Waals surface area contributed by atoms with E-state index >= 15 is 0 Å². The lowest BCUT2D eigenvalue weighted by Gasteiger charge is -2.51. The molecular formula is C21H20N2O6. The van der Waals surface area contributed by atoms with Gasteiger partial charge in [-0.05, 0) is 28.8 Å². The number of nitro groups is 1. The van der Waals surface area contributed by atoms with Crippen LogP contribution in [0.2, 0.25) is 0 Å². The fourth-order valence-electron chi connectivity index (χ4n) is 3.68. The number of benzene rings is 2. The van der Waals surface area contributed by atoms with Gasteiger partial charge in [0.1, 0.15) is 6.61 Å². The van der Waals surface area contributed by atoms with Crippen LogP contribution in [0.25, 0.3) is 5.57 Å². The van der Waals surface area contributed by atoms with Crippen LogP contribution in [0, 0.1) is 10.1 Å². The van der Waals surface area contributed by atoms with Crippen LogP contribution in [-0.4, -0.2) is 46.3 Å². The molecule has 2 aliphatic heterocycles. The van der Waals surface area contributed by atoms with Gasteiger partial charge >= 0.3 is 11.8 Å². The van der Waals surface area contributed by atoms with Crippen LogP contribution in [-0.2, 0) is 16.1 Å². The highest BCUT2D eigenvalue weighted by atomic mass is 16.6. The van der Waals surface area contributed by atoms with Crippen molar-refractivity contribution < 1.29 is 24.3 Å². The number of rotatable bonds is 4. The molecule has 1 amide bonds. The first-order chi connectivity index (χ1) is 14.0. The molecule has 4 rings (SSSR count). The predicted octanol–water partition coefficient (Wildman–Crippen LogP) is 3.50. The third-order valence-corrected chi connectivity index (χ3v) is 5.32. The zero-order valence-corrected chi connectivity index (χ0v) is 15.6. The highest BCUT2D eigenvalue weighted by Crippen LogP contribution is 2.40. The summed E-state index contributed by atoms with van der Waals surface area (Å²) in [5.41, 5.74) is 1.67. The number of phenols is 1. The summed E-state index contributed by atoms with van der Waals surface area (Å²) in [6.45, 7) is 1.32. The molecule has 0 atom stereocenters. The minimum Gasteiger partial charge on any atom is -0.502 e. The van der Waals surface area contributed by atoms with Gasteiger partial charge in [0, 0.05) is 19.0 Å². The molecule has 1 spiro atoms. The Kier molecular flexibility index (Phi) is 4.94. The number of carbonyl (C=O) groups is 1. The normalized spacial score (nSPS) is 17.4. The molecule has 0 aromatic heterocycles. The van der Waals surface area contributed by atoms with E-state index in [1.807, 2.05) is 36.4 Å². The first-order valence-electron chi connectivity index (χ1n) is 9.21. The van der Waals surface area contributed by atoms with Crippen LogP contribution in [0.5, 0.6) is 5.75 Å². The average Bonchev–Trinajstić information content (AvgIpc) is 2.70. The largest absolute Gasteiger partial charge is 0.502 e. The third kappa shape index (κ3) is 3.66. The van der Waals surface area contributed by atoms with E-state index in [2.05, 4.69) is 0 Å². The van der Waals surface area contributed by atoms with Crippen LogP contribution in [0.15, 0.2) is 54.6 Å². The molecule has 150 valence electrons. The summed E-state index contributed by atoms with van der Waals surface area (Å²) < 4.78 is 10.9. The quantitative estimate of drug-likeness (QED) is 0.627. The number of hydrogen-bond donors (Lipinski definition) is 1. The maximum Gasteiger partial charge on any atom is 0.411 e. The van der Waals surface area contributed by atoms with Crippen molar-refractivity contribution in [1.82, 2.24) is 4.90 Å². The van der Waals surface area contributed by atoms with Gasteiger partial charge in [-0.3, -0.25) is 15.0 Å². The second-order valence-corrected chi connectivity index (χ2v) is 7.23. The lowest BCUT2D eigenvalue weighted by Crippen LogP contribution is -2.65. The fraction of sp³-hybridized carbons (Fsp3) is 0.286. The van der Waals surface area contributed by atoms with Crippen LogP contribution in [0.3, 0.4) is 0 Å². The Bertz CT molecular complexity index is 968. The maximum atomic E-state index is 12.7. The first-order valence-corrected chi connectivity index (χ1v) is 9.21. The SMILES string of the molecule is O=C(OCc1ccccc1)N1CC=C(c2ccc([N+](=O)[O-])c(O)c2)CC12COC2. The van der Waals surface area contributed by atoms with E-state index in [9.17, 15) is 20.0 Å². The van der Waals surface area contributed by atoms with Gasteiger partial charge in [0.25, 0.3) is 0 Å². The van der Waals surface area contributed by atoms with Gasteiger partial charge in [0.05, 0.1) is 23.7 Å². The lowest BCUT2D eigenvalue weighted by molar-refractivity contribution is -0.385. The highest BCUT2D eigenvalue weighted by molar-refractivity contribution is 5.76. The summed E-state index contributed by atoms with van der Waals surface area (Å²) in [6, 6.07) is 13.8. The molecule has 1 fully saturated rings. The Morgan fingerprint density at radius 3 is 2.62 bits per heavy atom. The topological polar surface area (TPSA) is 102 Å². The molecule has 8 nitrogen and oxygen atoms in total. The van der Waals surface area contributed by atoms with E-state index in [-0.39, 0.29) is 18.0 Å². The molecule has 8 heteroatoms. The van der Waals surface area contributed by atoms with Gasteiger partial charge in [0.15, 0.2) is 5.75 Å². The zero-order valence-electron chi connectivity index (χ0n) is 15.6. The summed E-state index contributed by atoms with van der Waals surface area (Å²) in [5.74, 6) is -0.378. The summed E-state index contributed by atoms with van der Waals surface area (Å²) >= 11 is 0. The third-order valence-electron chi connectivity index (χ3n) is 5.32. The molecule has 2 aromatic carbocycles. The highest BCUT2D eigenvalue weighted by Gasteiger charge is 2.49. The van der Waals surface area contributed by atoms with Crippen molar-refractivity contribution in [1.29, 1.82) is 0 Å². The molecule has 2 heterocycles. The molecule has 0 aliphatic carbocycles. The molecule has 2 aliphatic rings. The van der Waals surface area contributed by atoms with Gasteiger partial charge in [-0.25, -0.2) is 4.79 Å². The van der Waals surface area contributed by atoms with Crippen LogP contribution < -0.4 is 0 Å². The standard InChI is InChI=1S/C21H20N2O6/c24-19-10-16(6-7-18(19)23(26)27)17-8-9-22(21(11-17)13-28-14-21)20(25)29-12-15-4-2-1-3-5-15/h1-8,10,24H,9,11-14H2. The van der Waals surface area contributed by atoms with E-state index in [4.69, 9.17) is 9.47 Å². The van der Waals surface area contributed by atoms with Crippen molar-refractivity contribution >= 4 is 17.4 Å². The van der Waals surface area contributed by atoms with Crippen LogP contribution in [0.1, 0.15) is 17.5 Å². The van der Waals surface area contributed by atoms with Crippen molar-refractivity contribution in [2.24, 2.45) is 0 Å². The Morgan fingerprint density at radius 2 is 2.00 bits per heavy atom. The van der Waals surface area contributed by atoms with E-state index in [1.54, 1.807) is 11.0 Å². The Morgan fingerprint density at radius 1 is 1.24 bits per heavy atom. The number of carbonyl (C=O) groups excluding carboxylic acids is 1. The summed E-state index contributed by atoms with van der Waals surface area (Å²) in [6.07, 6.45) is 2.00. The number of phenolic OH excluding ortho intramolecular Hbond substituents is 1. The monoisotopic (exact) mass is 396 g/mol.